The molecule has 0 aliphatic carbocycles. The van der Waals surface area contributed by atoms with Gasteiger partial charge in [0.15, 0.2) is 0 Å². The van der Waals surface area contributed by atoms with Crippen LogP contribution in [-0.2, 0) is 6.54 Å². The molecular formula is C13H15F2N3O. The predicted molar refractivity (Wildman–Crippen MR) is 69.1 cm³/mol. The van der Waals surface area contributed by atoms with Crippen molar-refractivity contribution in [1.29, 1.82) is 0 Å². The Kier molecular flexibility index (Phi) is 3.69. The number of anilines is 1. The van der Waals surface area contributed by atoms with Gasteiger partial charge in [-0.25, -0.2) is 4.98 Å². The number of nitrogens with two attached hydrogens (primary N) is 1. The molecule has 4 nitrogen and oxygen atoms in total. The molecule has 102 valence electrons. The van der Waals surface area contributed by atoms with Crippen LogP contribution in [0.4, 0.5) is 14.6 Å². The van der Waals surface area contributed by atoms with E-state index in [1.54, 1.807) is 12.1 Å². The Morgan fingerprint density at radius 3 is 2.42 bits per heavy atom. The maximum Gasteiger partial charge on any atom is 0.387 e. The number of hydrogen-bond donors (Lipinski definition) is 1. The third kappa shape index (κ3) is 2.67. The van der Waals surface area contributed by atoms with E-state index in [1.807, 2.05) is 18.4 Å². The molecule has 2 N–H and O–H groups in total. The molecule has 0 amide bonds. The molecule has 0 saturated heterocycles. The number of ether oxygens (including phenoxy) is 1. The summed E-state index contributed by atoms with van der Waals surface area (Å²) < 4.78 is 30.3. The predicted octanol–water partition coefficient (Wildman–Crippen LogP) is 3.06. The molecule has 6 heteroatoms. The van der Waals surface area contributed by atoms with Crippen LogP contribution in [0.15, 0.2) is 24.3 Å². The van der Waals surface area contributed by atoms with E-state index < -0.39 is 6.61 Å². The Balaban J connectivity index is 2.32. The van der Waals surface area contributed by atoms with Gasteiger partial charge in [-0.05, 0) is 38.1 Å². The van der Waals surface area contributed by atoms with Gasteiger partial charge in [0.2, 0.25) is 0 Å². The third-order valence-electron chi connectivity index (χ3n) is 2.87. The van der Waals surface area contributed by atoms with Gasteiger partial charge >= 0.3 is 6.61 Å². The van der Waals surface area contributed by atoms with Crippen molar-refractivity contribution in [2.75, 3.05) is 5.73 Å². The van der Waals surface area contributed by atoms with Crippen LogP contribution < -0.4 is 10.5 Å². The van der Waals surface area contributed by atoms with Crippen LogP contribution in [0.1, 0.15) is 12.7 Å². The Hall–Kier alpha value is -2.11. The van der Waals surface area contributed by atoms with Crippen molar-refractivity contribution in [3.05, 3.63) is 30.1 Å². The Bertz CT molecular complexity index is 564. The number of imidazole rings is 1. The number of nitrogens with zero attached hydrogens (tertiary/aromatic N) is 2. The van der Waals surface area contributed by atoms with Crippen molar-refractivity contribution in [3.8, 4) is 17.0 Å². The molecule has 0 unspecified atom stereocenters. The second kappa shape index (κ2) is 5.26. The fourth-order valence-corrected chi connectivity index (χ4v) is 1.99. The van der Waals surface area contributed by atoms with E-state index in [1.165, 1.54) is 12.1 Å². The first kappa shape index (κ1) is 13.3. The van der Waals surface area contributed by atoms with E-state index in [-0.39, 0.29) is 5.75 Å². The molecule has 0 saturated carbocycles. The molecule has 0 radical (unpaired) electrons. The number of alkyl halides is 2. The van der Waals surface area contributed by atoms with Crippen LogP contribution in [0.5, 0.6) is 5.75 Å². The van der Waals surface area contributed by atoms with E-state index in [4.69, 9.17) is 5.73 Å². The van der Waals surface area contributed by atoms with Crippen molar-refractivity contribution in [2.24, 2.45) is 0 Å². The van der Waals surface area contributed by atoms with E-state index in [9.17, 15) is 8.78 Å². The largest absolute Gasteiger partial charge is 0.435 e. The lowest BCUT2D eigenvalue weighted by Crippen LogP contribution is -2.02. The highest BCUT2D eigenvalue weighted by Crippen LogP contribution is 2.28. The number of halogens is 2. The van der Waals surface area contributed by atoms with Crippen molar-refractivity contribution in [2.45, 2.75) is 27.0 Å². The Labute approximate surface area is 109 Å². The fourth-order valence-electron chi connectivity index (χ4n) is 1.99. The number of nitrogen functional groups attached to an aromatic ring is 1. The first-order valence-corrected chi connectivity index (χ1v) is 5.90. The van der Waals surface area contributed by atoms with Crippen LogP contribution in [0.25, 0.3) is 11.3 Å². The van der Waals surface area contributed by atoms with Crippen LogP contribution in [0.3, 0.4) is 0 Å². The summed E-state index contributed by atoms with van der Waals surface area (Å²) in [5.74, 6) is 1.51. The zero-order valence-corrected chi connectivity index (χ0v) is 10.7. The monoisotopic (exact) mass is 267 g/mol. The van der Waals surface area contributed by atoms with Gasteiger partial charge in [0.25, 0.3) is 0 Å². The highest BCUT2D eigenvalue weighted by Gasteiger charge is 2.13. The summed E-state index contributed by atoms with van der Waals surface area (Å²) in [6.45, 7) is 1.76. The number of benzene rings is 1. The van der Waals surface area contributed by atoms with Gasteiger partial charge in [0.05, 0.1) is 0 Å². The minimum atomic E-state index is -2.82. The summed E-state index contributed by atoms with van der Waals surface area (Å²) in [5, 5.41) is 0. The van der Waals surface area contributed by atoms with Crippen molar-refractivity contribution < 1.29 is 13.5 Å². The average Bonchev–Trinajstić information content (AvgIpc) is 2.64. The molecule has 2 rings (SSSR count). The van der Waals surface area contributed by atoms with Gasteiger partial charge in [-0.3, -0.25) is 0 Å². The van der Waals surface area contributed by atoms with Gasteiger partial charge in [0, 0.05) is 12.1 Å². The van der Waals surface area contributed by atoms with E-state index in [2.05, 4.69) is 9.72 Å². The van der Waals surface area contributed by atoms with E-state index in [0.29, 0.717) is 11.5 Å². The lowest BCUT2D eigenvalue weighted by molar-refractivity contribution is -0.0498. The van der Waals surface area contributed by atoms with Crippen molar-refractivity contribution >= 4 is 5.82 Å². The molecule has 1 heterocycles. The van der Waals surface area contributed by atoms with Crippen LogP contribution in [0, 0.1) is 6.92 Å². The van der Waals surface area contributed by atoms with Crippen molar-refractivity contribution in [1.82, 2.24) is 9.55 Å². The van der Waals surface area contributed by atoms with E-state index >= 15 is 0 Å². The second-order valence-electron chi connectivity index (χ2n) is 4.04. The van der Waals surface area contributed by atoms with Crippen LogP contribution >= 0.6 is 0 Å². The van der Waals surface area contributed by atoms with Crippen molar-refractivity contribution in [3.63, 3.8) is 0 Å². The zero-order chi connectivity index (χ0) is 14.0. The standard InChI is InChI=1S/C13H15F2N3O/c1-3-18-8(2)17-11(12(18)16)9-4-6-10(7-5-9)19-13(14)15/h4-7,13H,3,16H2,1-2H3. The lowest BCUT2D eigenvalue weighted by Gasteiger charge is -2.06. The van der Waals surface area contributed by atoms with Crippen LogP contribution in [-0.4, -0.2) is 16.2 Å². The van der Waals surface area contributed by atoms with Gasteiger partial charge in [0.1, 0.15) is 23.1 Å². The maximum absolute atomic E-state index is 12.1. The molecule has 0 fully saturated rings. The Morgan fingerprint density at radius 2 is 1.95 bits per heavy atom. The van der Waals surface area contributed by atoms with Gasteiger partial charge in [-0.1, -0.05) is 0 Å². The molecular weight excluding hydrogens is 252 g/mol. The number of rotatable bonds is 4. The molecule has 2 aromatic rings. The Morgan fingerprint density at radius 1 is 1.32 bits per heavy atom. The quantitative estimate of drug-likeness (QED) is 0.926. The second-order valence-corrected chi connectivity index (χ2v) is 4.04. The molecule has 0 spiro atoms. The molecule has 0 aliphatic heterocycles. The molecule has 19 heavy (non-hydrogen) atoms. The first-order valence-electron chi connectivity index (χ1n) is 5.90. The highest BCUT2D eigenvalue weighted by atomic mass is 19.3. The highest BCUT2D eigenvalue weighted by molar-refractivity contribution is 5.71. The summed E-state index contributed by atoms with van der Waals surface area (Å²) in [7, 11) is 0. The van der Waals surface area contributed by atoms with Gasteiger partial charge in [-0.2, -0.15) is 8.78 Å². The molecule has 0 atom stereocenters. The lowest BCUT2D eigenvalue weighted by atomic mass is 10.1. The van der Waals surface area contributed by atoms with Gasteiger partial charge < -0.3 is 15.0 Å². The van der Waals surface area contributed by atoms with Gasteiger partial charge in [-0.15, -0.1) is 0 Å². The zero-order valence-electron chi connectivity index (χ0n) is 10.7. The summed E-state index contributed by atoms with van der Waals surface area (Å²) in [5.41, 5.74) is 7.44. The average molecular weight is 267 g/mol. The summed E-state index contributed by atoms with van der Waals surface area (Å²) >= 11 is 0. The normalized spacial score (nSPS) is 11.0. The molecule has 1 aromatic heterocycles. The molecule has 0 aliphatic rings. The summed E-state index contributed by atoms with van der Waals surface area (Å²) in [6.07, 6.45) is 0. The number of aryl methyl sites for hydroxylation is 1. The number of aromatic nitrogens is 2. The SMILES string of the molecule is CCn1c(C)nc(-c2ccc(OC(F)F)cc2)c1N. The summed E-state index contributed by atoms with van der Waals surface area (Å²) in [6, 6.07) is 6.27. The molecule has 1 aromatic carbocycles. The number of hydrogen-bond acceptors (Lipinski definition) is 3. The summed E-state index contributed by atoms with van der Waals surface area (Å²) in [4.78, 5) is 4.39. The maximum atomic E-state index is 12.1. The van der Waals surface area contributed by atoms with E-state index in [0.717, 1.165) is 17.9 Å². The minimum absolute atomic E-state index is 0.115. The molecule has 0 bridgehead atoms. The minimum Gasteiger partial charge on any atom is -0.435 e. The smallest absolute Gasteiger partial charge is 0.387 e. The van der Waals surface area contributed by atoms with Crippen LogP contribution in [0.2, 0.25) is 0 Å². The fraction of sp³-hybridized carbons (Fsp3) is 0.308. The topological polar surface area (TPSA) is 53.1 Å². The third-order valence-corrected chi connectivity index (χ3v) is 2.87. The first-order chi connectivity index (χ1) is 9.02.